The topological polar surface area (TPSA) is 56.9 Å². The molecule has 1 atom stereocenters. The van der Waals surface area contributed by atoms with Crippen molar-refractivity contribution in [2.24, 2.45) is 0 Å². The Labute approximate surface area is 130 Å². The van der Waals surface area contributed by atoms with Crippen LogP contribution in [0, 0.1) is 17.1 Å². The quantitative estimate of drug-likeness (QED) is 0.798. The molecule has 0 spiro atoms. The number of thiazole rings is 1. The third kappa shape index (κ3) is 2.89. The third-order valence-electron chi connectivity index (χ3n) is 3.23. The van der Waals surface area contributed by atoms with E-state index in [-0.39, 0.29) is 5.82 Å². The number of benzene rings is 2. The van der Waals surface area contributed by atoms with Crippen LogP contribution in [-0.2, 0) is 0 Å². The molecular weight excluding hydrogens is 299 g/mol. The molecule has 0 fully saturated rings. The second-order valence-electron chi connectivity index (χ2n) is 4.72. The first-order chi connectivity index (χ1) is 10.7. The lowest BCUT2D eigenvalue weighted by Crippen LogP contribution is -1.99. The van der Waals surface area contributed by atoms with Gasteiger partial charge in [0.25, 0.3) is 0 Å². The van der Waals surface area contributed by atoms with Crippen LogP contribution in [0.1, 0.15) is 22.2 Å². The fourth-order valence-corrected chi connectivity index (χ4v) is 2.92. The zero-order valence-corrected chi connectivity index (χ0v) is 12.2. The Hall–Kier alpha value is -2.55. The maximum absolute atomic E-state index is 12.9. The molecule has 0 aliphatic heterocycles. The first kappa shape index (κ1) is 14.4. The molecule has 0 amide bonds. The average molecular weight is 310 g/mol. The first-order valence-corrected chi connectivity index (χ1v) is 7.45. The number of rotatable bonds is 3. The number of hydrogen-bond acceptors (Lipinski definition) is 4. The fourth-order valence-electron chi connectivity index (χ4n) is 2.08. The van der Waals surface area contributed by atoms with Crippen molar-refractivity contribution in [3.05, 3.63) is 75.9 Å². The summed E-state index contributed by atoms with van der Waals surface area (Å²) >= 11 is 1.33. The van der Waals surface area contributed by atoms with Crippen molar-refractivity contribution in [2.45, 2.75) is 6.10 Å². The molecule has 1 N–H and O–H groups in total. The van der Waals surface area contributed by atoms with Gasteiger partial charge in [-0.15, -0.1) is 11.3 Å². The van der Waals surface area contributed by atoms with Gasteiger partial charge >= 0.3 is 0 Å². The molecule has 22 heavy (non-hydrogen) atoms. The zero-order chi connectivity index (χ0) is 15.5. The van der Waals surface area contributed by atoms with E-state index >= 15 is 0 Å². The molecule has 3 nitrogen and oxygen atoms in total. The Morgan fingerprint density at radius 3 is 2.68 bits per heavy atom. The van der Waals surface area contributed by atoms with Gasteiger partial charge in [-0.1, -0.05) is 24.3 Å². The fraction of sp³-hybridized carbons (Fsp3) is 0.0588. The van der Waals surface area contributed by atoms with Crippen molar-refractivity contribution >= 4 is 11.3 Å². The lowest BCUT2D eigenvalue weighted by Gasteiger charge is -2.07. The summed E-state index contributed by atoms with van der Waals surface area (Å²) in [6, 6.07) is 14.9. The molecule has 1 heterocycles. The standard InChI is InChI=1S/C17H11FN2OS/c18-14-6-4-12(5-7-14)16(21)17-20-15(10-22-17)13-3-1-2-11(8-13)9-19/h1-8,10,16,21H. The van der Waals surface area contributed by atoms with E-state index in [2.05, 4.69) is 11.1 Å². The molecule has 0 aliphatic rings. The summed E-state index contributed by atoms with van der Waals surface area (Å²) in [7, 11) is 0. The van der Waals surface area contributed by atoms with E-state index in [0.717, 1.165) is 5.56 Å². The van der Waals surface area contributed by atoms with Crippen LogP contribution in [0.3, 0.4) is 0 Å². The predicted octanol–water partition coefficient (Wildman–Crippen LogP) is 3.90. The van der Waals surface area contributed by atoms with Gasteiger partial charge in [-0.3, -0.25) is 0 Å². The predicted molar refractivity (Wildman–Crippen MR) is 82.7 cm³/mol. The van der Waals surface area contributed by atoms with Crippen molar-refractivity contribution in [1.29, 1.82) is 5.26 Å². The molecule has 0 bridgehead atoms. The number of halogens is 1. The monoisotopic (exact) mass is 310 g/mol. The average Bonchev–Trinajstić information content (AvgIpc) is 3.05. The number of aliphatic hydroxyl groups excluding tert-OH is 1. The van der Waals surface area contributed by atoms with Crippen LogP contribution in [0.15, 0.2) is 53.9 Å². The SMILES string of the molecule is N#Cc1cccc(-c2csc(C(O)c3ccc(F)cc3)n2)c1. The van der Waals surface area contributed by atoms with Crippen LogP contribution in [0.2, 0.25) is 0 Å². The normalized spacial score (nSPS) is 11.9. The summed E-state index contributed by atoms with van der Waals surface area (Å²) in [5.74, 6) is -0.343. The summed E-state index contributed by atoms with van der Waals surface area (Å²) in [5.41, 5.74) is 2.69. The summed E-state index contributed by atoms with van der Waals surface area (Å²) in [4.78, 5) is 4.42. The van der Waals surface area contributed by atoms with E-state index in [1.807, 2.05) is 11.4 Å². The summed E-state index contributed by atoms with van der Waals surface area (Å²) in [6.45, 7) is 0. The van der Waals surface area contributed by atoms with Crippen LogP contribution in [0.25, 0.3) is 11.3 Å². The molecule has 0 saturated heterocycles. The third-order valence-corrected chi connectivity index (χ3v) is 4.13. The maximum Gasteiger partial charge on any atom is 0.131 e. The van der Waals surface area contributed by atoms with E-state index in [0.29, 0.717) is 21.8 Å². The number of hydrogen-bond donors (Lipinski definition) is 1. The number of aromatic nitrogens is 1. The minimum absolute atomic E-state index is 0.343. The molecule has 1 unspecified atom stereocenters. The van der Waals surface area contributed by atoms with Gasteiger partial charge in [-0.05, 0) is 29.8 Å². The molecule has 108 valence electrons. The van der Waals surface area contributed by atoms with E-state index in [1.54, 1.807) is 18.2 Å². The second kappa shape index (κ2) is 6.06. The molecule has 3 aromatic rings. The highest BCUT2D eigenvalue weighted by Gasteiger charge is 2.15. The smallest absolute Gasteiger partial charge is 0.131 e. The van der Waals surface area contributed by atoms with Gasteiger partial charge in [0.15, 0.2) is 0 Å². The molecule has 1 aromatic heterocycles. The lowest BCUT2D eigenvalue weighted by atomic mass is 10.1. The van der Waals surface area contributed by atoms with E-state index < -0.39 is 6.10 Å². The molecule has 0 aliphatic carbocycles. The van der Waals surface area contributed by atoms with E-state index in [9.17, 15) is 9.50 Å². The Balaban J connectivity index is 1.90. The lowest BCUT2D eigenvalue weighted by molar-refractivity contribution is 0.220. The van der Waals surface area contributed by atoms with Gasteiger partial charge in [0.2, 0.25) is 0 Å². The minimum atomic E-state index is -0.890. The van der Waals surface area contributed by atoms with Gasteiger partial charge in [-0.25, -0.2) is 9.37 Å². The van der Waals surface area contributed by atoms with Crippen molar-refractivity contribution in [1.82, 2.24) is 4.98 Å². The highest BCUT2D eigenvalue weighted by atomic mass is 32.1. The molecule has 3 rings (SSSR count). The molecular formula is C17H11FN2OS. The Morgan fingerprint density at radius 2 is 1.95 bits per heavy atom. The summed E-state index contributed by atoms with van der Waals surface area (Å²) in [6.07, 6.45) is -0.890. The van der Waals surface area contributed by atoms with Gasteiger partial charge < -0.3 is 5.11 Å². The largest absolute Gasteiger partial charge is 0.381 e. The van der Waals surface area contributed by atoms with Crippen LogP contribution < -0.4 is 0 Å². The van der Waals surface area contributed by atoms with Crippen LogP contribution in [0.5, 0.6) is 0 Å². The number of nitriles is 1. The Bertz CT molecular complexity index is 836. The number of nitrogens with zero attached hydrogens (tertiary/aromatic N) is 2. The Kier molecular flexibility index (Phi) is 3.96. The van der Waals surface area contributed by atoms with Crippen molar-refractivity contribution in [3.63, 3.8) is 0 Å². The summed E-state index contributed by atoms with van der Waals surface area (Å²) in [5, 5.41) is 21.6. The van der Waals surface area contributed by atoms with Crippen molar-refractivity contribution in [3.8, 4) is 17.3 Å². The van der Waals surface area contributed by atoms with Crippen LogP contribution in [-0.4, -0.2) is 10.1 Å². The summed E-state index contributed by atoms with van der Waals surface area (Å²) < 4.78 is 12.9. The van der Waals surface area contributed by atoms with E-state index in [4.69, 9.17) is 5.26 Å². The molecule has 5 heteroatoms. The first-order valence-electron chi connectivity index (χ1n) is 6.57. The van der Waals surface area contributed by atoms with E-state index in [1.165, 1.54) is 35.6 Å². The van der Waals surface area contributed by atoms with Gasteiger partial charge in [0, 0.05) is 10.9 Å². The highest BCUT2D eigenvalue weighted by Crippen LogP contribution is 2.29. The molecule has 0 radical (unpaired) electrons. The second-order valence-corrected chi connectivity index (χ2v) is 5.61. The Morgan fingerprint density at radius 1 is 1.18 bits per heavy atom. The van der Waals surface area contributed by atoms with Crippen LogP contribution in [0.4, 0.5) is 4.39 Å². The van der Waals surface area contributed by atoms with Crippen molar-refractivity contribution in [2.75, 3.05) is 0 Å². The van der Waals surface area contributed by atoms with Gasteiger partial charge in [-0.2, -0.15) is 5.26 Å². The van der Waals surface area contributed by atoms with Gasteiger partial charge in [0.1, 0.15) is 16.9 Å². The minimum Gasteiger partial charge on any atom is -0.381 e. The maximum atomic E-state index is 12.9. The zero-order valence-electron chi connectivity index (χ0n) is 11.4. The van der Waals surface area contributed by atoms with Crippen molar-refractivity contribution < 1.29 is 9.50 Å². The highest BCUT2D eigenvalue weighted by molar-refractivity contribution is 7.10. The molecule has 2 aromatic carbocycles. The van der Waals surface area contributed by atoms with Gasteiger partial charge in [0.05, 0.1) is 17.3 Å². The van der Waals surface area contributed by atoms with Crippen LogP contribution >= 0.6 is 11.3 Å². The number of aliphatic hydroxyl groups is 1. The molecule has 0 saturated carbocycles.